The number of anilines is 2. The van der Waals surface area contributed by atoms with Gasteiger partial charge in [-0.15, -0.1) is 11.3 Å². The fourth-order valence-electron chi connectivity index (χ4n) is 1.80. The highest BCUT2D eigenvalue weighted by molar-refractivity contribution is 7.10. The van der Waals surface area contributed by atoms with E-state index in [0.29, 0.717) is 12.2 Å². The van der Waals surface area contributed by atoms with Crippen molar-refractivity contribution >= 4 is 28.7 Å². The first-order valence-electron chi connectivity index (χ1n) is 6.20. The molecule has 0 spiro atoms. The van der Waals surface area contributed by atoms with Crippen molar-refractivity contribution in [1.29, 1.82) is 0 Å². The van der Waals surface area contributed by atoms with Gasteiger partial charge in [0.05, 0.1) is 17.9 Å². The molecule has 2 aromatic rings. The lowest BCUT2D eigenvalue weighted by atomic mass is 10.2. The SMILES string of the molecule is CCOC(=O)c1c(Nc2ccc(C)cc2)csc1C. The predicted molar refractivity (Wildman–Crippen MR) is 79.5 cm³/mol. The molecule has 0 aliphatic rings. The minimum absolute atomic E-state index is 0.268. The summed E-state index contributed by atoms with van der Waals surface area (Å²) in [6.07, 6.45) is 0. The van der Waals surface area contributed by atoms with Crippen molar-refractivity contribution in [3.05, 3.63) is 45.6 Å². The fourth-order valence-corrected chi connectivity index (χ4v) is 2.58. The topological polar surface area (TPSA) is 38.3 Å². The van der Waals surface area contributed by atoms with Crippen molar-refractivity contribution in [2.45, 2.75) is 20.8 Å². The lowest BCUT2D eigenvalue weighted by Gasteiger charge is -2.08. The molecule has 1 aromatic carbocycles. The summed E-state index contributed by atoms with van der Waals surface area (Å²) >= 11 is 1.54. The lowest BCUT2D eigenvalue weighted by Crippen LogP contribution is -2.07. The van der Waals surface area contributed by atoms with Gasteiger partial charge in [0, 0.05) is 15.9 Å². The number of carbonyl (C=O) groups is 1. The molecule has 1 aromatic heterocycles. The highest BCUT2D eigenvalue weighted by Gasteiger charge is 2.17. The number of carbonyl (C=O) groups excluding carboxylic acids is 1. The molecule has 4 heteroatoms. The number of nitrogens with one attached hydrogen (secondary N) is 1. The molecule has 0 unspecified atom stereocenters. The van der Waals surface area contributed by atoms with Gasteiger partial charge < -0.3 is 10.1 Å². The smallest absolute Gasteiger partial charge is 0.341 e. The van der Waals surface area contributed by atoms with E-state index in [1.165, 1.54) is 5.56 Å². The van der Waals surface area contributed by atoms with E-state index in [9.17, 15) is 4.79 Å². The van der Waals surface area contributed by atoms with E-state index in [1.807, 2.05) is 50.4 Å². The number of esters is 1. The van der Waals surface area contributed by atoms with Crippen LogP contribution in [0, 0.1) is 13.8 Å². The zero-order chi connectivity index (χ0) is 13.8. The van der Waals surface area contributed by atoms with Crippen molar-refractivity contribution in [3.63, 3.8) is 0 Å². The van der Waals surface area contributed by atoms with Crippen molar-refractivity contribution in [2.24, 2.45) is 0 Å². The molecule has 0 radical (unpaired) electrons. The fraction of sp³-hybridized carbons (Fsp3) is 0.267. The minimum Gasteiger partial charge on any atom is -0.462 e. The summed E-state index contributed by atoms with van der Waals surface area (Å²) in [6.45, 7) is 6.17. The molecular weight excluding hydrogens is 258 g/mol. The van der Waals surface area contributed by atoms with Gasteiger partial charge in [-0.2, -0.15) is 0 Å². The van der Waals surface area contributed by atoms with Gasteiger partial charge in [-0.25, -0.2) is 4.79 Å². The third-order valence-corrected chi connectivity index (χ3v) is 3.70. The van der Waals surface area contributed by atoms with Crippen LogP contribution in [0.2, 0.25) is 0 Å². The quantitative estimate of drug-likeness (QED) is 0.846. The van der Waals surface area contributed by atoms with Crippen molar-refractivity contribution < 1.29 is 9.53 Å². The number of benzene rings is 1. The normalized spacial score (nSPS) is 10.3. The van der Waals surface area contributed by atoms with Crippen LogP contribution in [0.25, 0.3) is 0 Å². The van der Waals surface area contributed by atoms with Gasteiger partial charge in [0.1, 0.15) is 0 Å². The number of rotatable bonds is 4. The second-order valence-electron chi connectivity index (χ2n) is 4.29. The van der Waals surface area contributed by atoms with Crippen LogP contribution >= 0.6 is 11.3 Å². The van der Waals surface area contributed by atoms with Gasteiger partial charge in [-0.3, -0.25) is 0 Å². The van der Waals surface area contributed by atoms with E-state index in [2.05, 4.69) is 5.32 Å². The third-order valence-electron chi connectivity index (χ3n) is 2.79. The number of aryl methyl sites for hydroxylation is 2. The molecule has 0 fully saturated rings. The molecule has 0 atom stereocenters. The number of ether oxygens (including phenoxy) is 1. The molecule has 0 aliphatic heterocycles. The van der Waals surface area contributed by atoms with Crippen LogP contribution in [0.3, 0.4) is 0 Å². The minimum atomic E-state index is -0.268. The number of hydrogen-bond acceptors (Lipinski definition) is 4. The van der Waals surface area contributed by atoms with Gasteiger partial charge >= 0.3 is 5.97 Å². The summed E-state index contributed by atoms with van der Waals surface area (Å²) in [7, 11) is 0. The molecule has 19 heavy (non-hydrogen) atoms. The number of hydrogen-bond donors (Lipinski definition) is 1. The second-order valence-corrected chi connectivity index (χ2v) is 5.38. The molecule has 0 aliphatic carbocycles. The third kappa shape index (κ3) is 3.15. The zero-order valence-electron chi connectivity index (χ0n) is 11.3. The summed E-state index contributed by atoms with van der Waals surface area (Å²) in [4.78, 5) is 12.9. The average Bonchev–Trinajstić information content (AvgIpc) is 2.74. The highest BCUT2D eigenvalue weighted by Crippen LogP contribution is 2.30. The zero-order valence-corrected chi connectivity index (χ0v) is 12.1. The Balaban J connectivity index is 2.25. The van der Waals surface area contributed by atoms with E-state index in [-0.39, 0.29) is 5.97 Å². The van der Waals surface area contributed by atoms with Crippen LogP contribution in [-0.4, -0.2) is 12.6 Å². The Labute approximate surface area is 117 Å². The average molecular weight is 275 g/mol. The van der Waals surface area contributed by atoms with Crippen LogP contribution in [0.4, 0.5) is 11.4 Å². The van der Waals surface area contributed by atoms with Crippen molar-refractivity contribution in [3.8, 4) is 0 Å². The maximum absolute atomic E-state index is 11.9. The van der Waals surface area contributed by atoms with Crippen molar-refractivity contribution in [2.75, 3.05) is 11.9 Å². The Hall–Kier alpha value is -1.81. The largest absolute Gasteiger partial charge is 0.462 e. The summed E-state index contributed by atoms with van der Waals surface area (Å²) in [6, 6.07) is 8.06. The molecule has 0 bridgehead atoms. The van der Waals surface area contributed by atoms with Gasteiger partial charge in [-0.05, 0) is 32.9 Å². The Bertz CT molecular complexity index is 572. The molecular formula is C15H17NO2S. The first-order chi connectivity index (χ1) is 9.11. The summed E-state index contributed by atoms with van der Waals surface area (Å²) < 4.78 is 5.09. The van der Waals surface area contributed by atoms with Crippen LogP contribution < -0.4 is 5.32 Å². The molecule has 2 rings (SSSR count). The Morgan fingerprint density at radius 1 is 1.26 bits per heavy atom. The molecule has 1 heterocycles. The molecule has 0 amide bonds. The van der Waals surface area contributed by atoms with E-state index in [1.54, 1.807) is 11.3 Å². The second kappa shape index (κ2) is 5.89. The van der Waals surface area contributed by atoms with Crippen LogP contribution in [0.1, 0.15) is 27.7 Å². The van der Waals surface area contributed by atoms with Gasteiger partial charge in [0.25, 0.3) is 0 Å². The van der Waals surface area contributed by atoms with Crippen LogP contribution in [0.15, 0.2) is 29.6 Å². The maximum atomic E-state index is 11.9. The Kier molecular flexibility index (Phi) is 4.22. The molecule has 100 valence electrons. The van der Waals surface area contributed by atoms with E-state index >= 15 is 0 Å². The van der Waals surface area contributed by atoms with Gasteiger partial charge in [0.2, 0.25) is 0 Å². The van der Waals surface area contributed by atoms with Gasteiger partial charge in [0.15, 0.2) is 0 Å². The molecule has 0 saturated heterocycles. The highest BCUT2D eigenvalue weighted by atomic mass is 32.1. The van der Waals surface area contributed by atoms with Crippen LogP contribution in [0.5, 0.6) is 0 Å². The van der Waals surface area contributed by atoms with Gasteiger partial charge in [-0.1, -0.05) is 17.7 Å². The molecule has 3 nitrogen and oxygen atoms in total. The monoisotopic (exact) mass is 275 g/mol. The lowest BCUT2D eigenvalue weighted by molar-refractivity contribution is 0.0527. The Morgan fingerprint density at radius 2 is 1.95 bits per heavy atom. The molecule has 0 saturated carbocycles. The summed E-state index contributed by atoms with van der Waals surface area (Å²) in [5.74, 6) is -0.268. The predicted octanol–water partition coefficient (Wildman–Crippen LogP) is 4.29. The first kappa shape index (κ1) is 13.6. The van der Waals surface area contributed by atoms with E-state index in [0.717, 1.165) is 16.3 Å². The molecule has 1 N–H and O–H groups in total. The van der Waals surface area contributed by atoms with E-state index in [4.69, 9.17) is 4.74 Å². The van der Waals surface area contributed by atoms with E-state index < -0.39 is 0 Å². The summed E-state index contributed by atoms with van der Waals surface area (Å²) in [5.41, 5.74) is 3.61. The standard InChI is InChI=1S/C15H17NO2S/c1-4-18-15(17)14-11(3)19-9-13(14)16-12-7-5-10(2)6-8-12/h5-9,16H,4H2,1-3H3. The van der Waals surface area contributed by atoms with Crippen LogP contribution in [-0.2, 0) is 4.74 Å². The first-order valence-corrected chi connectivity index (χ1v) is 7.08. The maximum Gasteiger partial charge on any atom is 0.341 e. The summed E-state index contributed by atoms with van der Waals surface area (Å²) in [5, 5.41) is 5.22. The Morgan fingerprint density at radius 3 is 2.58 bits per heavy atom. The number of thiophene rings is 1. The van der Waals surface area contributed by atoms with Crippen molar-refractivity contribution in [1.82, 2.24) is 0 Å².